The van der Waals surface area contributed by atoms with E-state index in [2.05, 4.69) is 5.32 Å². The highest BCUT2D eigenvalue weighted by atomic mass is 32.2. The van der Waals surface area contributed by atoms with E-state index in [4.69, 9.17) is 0 Å². The third kappa shape index (κ3) is 3.25. The summed E-state index contributed by atoms with van der Waals surface area (Å²) in [6.45, 7) is 5.05. The van der Waals surface area contributed by atoms with Crippen molar-refractivity contribution in [3.8, 4) is 0 Å². The zero-order chi connectivity index (χ0) is 13.2. The van der Waals surface area contributed by atoms with Crippen LogP contribution in [-0.4, -0.2) is 43.1 Å². The van der Waals surface area contributed by atoms with Crippen LogP contribution in [0.1, 0.15) is 52.4 Å². The summed E-state index contributed by atoms with van der Waals surface area (Å²) < 4.78 is 26.9. The van der Waals surface area contributed by atoms with Crippen molar-refractivity contribution < 1.29 is 8.42 Å². The van der Waals surface area contributed by atoms with Crippen LogP contribution in [-0.2, 0) is 10.0 Å². The second-order valence-corrected chi connectivity index (χ2v) is 7.80. The highest BCUT2D eigenvalue weighted by Crippen LogP contribution is 2.26. The largest absolute Gasteiger partial charge is 0.313 e. The van der Waals surface area contributed by atoms with Crippen molar-refractivity contribution in [2.75, 3.05) is 12.3 Å². The fourth-order valence-electron chi connectivity index (χ4n) is 3.35. The van der Waals surface area contributed by atoms with Gasteiger partial charge in [0.25, 0.3) is 0 Å². The van der Waals surface area contributed by atoms with Gasteiger partial charge in [0.1, 0.15) is 0 Å². The molecular weight excluding hydrogens is 248 g/mol. The third-order valence-corrected chi connectivity index (χ3v) is 6.44. The average molecular weight is 274 g/mol. The molecule has 3 atom stereocenters. The second kappa shape index (κ2) is 5.88. The molecule has 2 aliphatic heterocycles. The van der Waals surface area contributed by atoms with Crippen LogP contribution in [0, 0.1) is 0 Å². The Kier molecular flexibility index (Phi) is 4.67. The number of nitrogens with one attached hydrogen (secondary N) is 1. The fourth-order valence-corrected chi connectivity index (χ4v) is 5.63. The molecule has 106 valence electrons. The van der Waals surface area contributed by atoms with Crippen LogP contribution in [0.2, 0.25) is 0 Å². The van der Waals surface area contributed by atoms with E-state index in [0.29, 0.717) is 0 Å². The van der Waals surface area contributed by atoms with Gasteiger partial charge in [-0.15, -0.1) is 0 Å². The van der Waals surface area contributed by atoms with Crippen molar-refractivity contribution in [2.24, 2.45) is 0 Å². The van der Waals surface area contributed by atoms with Gasteiger partial charge in [-0.25, -0.2) is 8.42 Å². The minimum absolute atomic E-state index is 0.157. The summed E-state index contributed by atoms with van der Waals surface area (Å²) in [6.07, 6.45) is 6.47. The van der Waals surface area contributed by atoms with E-state index in [-0.39, 0.29) is 23.9 Å². The topological polar surface area (TPSA) is 49.4 Å². The Morgan fingerprint density at radius 2 is 1.72 bits per heavy atom. The van der Waals surface area contributed by atoms with Crippen LogP contribution >= 0.6 is 0 Å². The van der Waals surface area contributed by atoms with Crippen LogP contribution in [0.25, 0.3) is 0 Å². The molecule has 1 N–H and O–H groups in total. The summed E-state index contributed by atoms with van der Waals surface area (Å²) in [5.74, 6) is 0.279. The van der Waals surface area contributed by atoms with Gasteiger partial charge in [-0.1, -0.05) is 12.8 Å². The van der Waals surface area contributed by atoms with Crippen molar-refractivity contribution in [2.45, 2.75) is 70.5 Å². The Balaban J connectivity index is 2.04. The molecule has 2 saturated heterocycles. The molecule has 0 saturated carbocycles. The standard InChI is InChI=1S/C13H26N2O2S/c1-11-6-5-7-12(2)15(11)18(16,17)10-13-8-3-4-9-14-13/h11-14H,3-10H2,1-2H3. The summed E-state index contributed by atoms with van der Waals surface area (Å²) in [7, 11) is -3.11. The zero-order valence-electron chi connectivity index (χ0n) is 11.6. The third-order valence-electron chi connectivity index (χ3n) is 4.26. The molecule has 0 radical (unpaired) electrons. The molecule has 0 aromatic carbocycles. The lowest BCUT2D eigenvalue weighted by Crippen LogP contribution is -2.51. The molecule has 2 rings (SSSR count). The van der Waals surface area contributed by atoms with Crippen molar-refractivity contribution in [3.63, 3.8) is 0 Å². The van der Waals surface area contributed by atoms with Gasteiger partial charge in [-0.05, 0) is 46.1 Å². The number of hydrogen-bond donors (Lipinski definition) is 1. The molecule has 3 unspecified atom stereocenters. The van der Waals surface area contributed by atoms with Gasteiger partial charge >= 0.3 is 0 Å². The molecule has 18 heavy (non-hydrogen) atoms. The first kappa shape index (κ1) is 14.3. The predicted octanol–water partition coefficient (Wildman–Crippen LogP) is 1.72. The predicted molar refractivity (Wildman–Crippen MR) is 74.0 cm³/mol. The summed E-state index contributed by atoms with van der Waals surface area (Å²) in [4.78, 5) is 0. The van der Waals surface area contributed by atoms with E-state index in [1.54, 1.807) is 4.31 Å². The van der Waals surface area contributed by atoms with Gasteiger partial charge < -0.3 is 5.32 Å². The number of piperidine rings is 2. The summed E-state index contributed by atoms with van der Waals surface area (Å²) in [5.41, 5.74) is 0. The molecule has 2 fully saturated rings. The molecule has 5 heteroatoms. The van der Waals surface area contributed by atoms with Gasteiger partial charge in [-0.3, -0.25) is 0 Å². The zero-order valence-corrected chi connectivity index (χ0v) is 12.4. The lowest BCUT2D eigenvalue weighted by atomic mass is 10.0. The minimum Gasteiger partial charge on any atom is -0.313 e. The van der Waals surface area contributed by atoms with Crippen molar-refractivity contribution in [1.29, 1.82) is 0 Å². The van der Waals surface area contributed by atoms with Gasteiger partial charge in [0.2, 0.25) is 10.0 Å². The highest BCUT2D eigenvalue weighted by molar-refractivity contribution is 7.89. The smallest absolute Gasteiger partial charge is 0.216 e. The number of sulfonamides is 1. The van der Waals surface area contributed by atoms with E-state index in [1.165, 1.54) is 6.42 Å². The monoisotopic (exact) mass is 274 g/mol. The van der Waals surface area contributed by atoms with Gasteiger partial charge in [0.15, 0.2) is 0 Å². The van der Waals surface area contributed by atoms with E-state index in [9.17, 15) is 8.42 Å². The molecule has 2 heterocycles. The summed E-state index contributed by atoms with van der Waals surface area (Å²) in [6, 6.07) is 0.495. The van der Waals surface area contributed by atoms with Crippen LogP contribution in [0.3, 0.4) is 0 Å². The van der Waals surface area contributed by atoms with Gasteiger partial charge in [-0.2, -0.15) is 4.31 Å². The molecule has 0 amide bonds. The molecule has 0 aliphatic carbocycles. The molecule has 0 bridgehead atoms. The molecular formula is C13H26N2O2S. The van der Waals surface area contributed by atoms with Crippen molar-refractivity contribution in [1.82, 2.24) is 9.62 Å². The maximum atomic E-state index is 12.6. The van der Waals surface area contributed by atoms with Crippen LogP contribution in [0.4, 0.5) is 0 Å². The Morgan fingerprint density at radius 1 is 1.06 bits per heavy atom. The second-order valence-electron chi connectivity index (χ2n) is 5.88. The summed E-state index contributed by atoms with van der Waals surface area (Å²) >= 11 is 0. The Morgan fingerprint density at radius 3 is 2.28 bits per heavy atom. The van der Waals surface area contributed by atoms with E-state index in [1.807, 2.05) is 13.8 Å². The number of hydrogen-bond acceptors (Lipinski definition) is 3. The first-order valence-corrected chi connectivity index (χ1v) is 8.86. The molecule has 0 spiro atoms. The number of rotatable bonds is 3. The number of nitrogens with zero attached hydrogens (tertiary/aromatic N) is 1. The lowest BCUT2D eigenvalue weighted by molar-refractivity contribution is 0.203. The fraction of sp³-hybridized carbons (Fsp3) is 1.00. The van der Waals surface area contributed by atoms with E-state index < -0.39 is 10.0 Å². The van der Waals surface area contributed by atoms with Crippen molar-refractivity contribution in [3.05, 3.63) is 0 Å². The normalized spacial score (nSPS) is 35.6. The first-order valence-electron chi connectivity index (χ1n) is 7.25. The van der Waals surface area contributed by atoms with E-state index in [0.717, 1.165) is 38.6 Å². The van der Waals surface area contributed by atoms with E-state index >= 15 is 0 Å². The molecule has 0 aromatic heterocycles. The average Bonchev–Trinajstić information content (AvgIpc) is 2.28. The minimum atomic E-state index is -3.11. The molecule has 2 aliphatic rings. The maximum absolute atomic E-state index is 12.6. The van der Waals surface area contributed by atoms with Crippen molar-refractivity contribution >= 4 is 10.0 Å². The van der Waals surface area contributed by atoms with Crippen LogP contribution in [0.15, 0.2) is 0 Å². The Bertz CT molecular complexity index is 353. The van der Waals surface area contributed by atoms with Gasteiger partial charge in [0.05, 0.1) is 5.75 Å². The lowest BCUT2D eigenvalue weighted by Gasteiger charge is -2.38. The molecule has 4 nitrogen and oxygen atoms in total. The Labute approximate surface area is 111 Å². The Hall–Kier alpha value is -0.130. The highest BCUT2D eigenvalue weighted by Gasteiger charge is 2.35. The quantitative estimate of drug-likeness (QED) is 0.852. The van der Waals surface area contributed by atoms with Crippen LogP contribution < -0.4 is 5.32 Å². The van der Waals surface area contributed by atoms with Crippen LogP contribution in [0.5, 0.6) is 0 Å². The maximum Gasteiger partial charge on any atom is 0.216 e. The first-order chi connectivity index (χ1) is 8.50. The molecule has 0 aromatic rings. The SMILES string of the molecule is CC1CCCC(C)N1S(=O)(=O)CC1CCCCN1. The summed E-state index contributed by atoms with van der Waals surface area (Å²) in [5, 5.41) is 3.34. The van der Waals surface area contributed by atoms with Gasteiger partial charge in [0, 0.05) is 18.1 Å².